The molecule has 0 saturated carbocycles. The van der Waals surface area contributed by atoms with Crippen LogP contribution in [0.25, 0.3) is 22.3 Å². The summed E-state index contributed by atoms with van der Waals surface area (Å²) in [5.74, 6) is 0.814. The van der Waals surface area contributed by atoms with E-state index in [9.17, 15) is 9.59 Å². The quantitative estimate of drug-likeness (QED) is 0.333. The van der Waals surface area contributed by atoms with Crippen molar-refractivity contribution in [3.63, 3.8) is 0 Å². The number of hydrogen-bond acceptors (Lipinski definition) is 6. The first-order chi connectivity index (χ1) is 17.4. The summed E-state index contributed by atoms with van der Waals surface area (Å²) in [5.41, 5.74) is 3.45. The highest BCUT2D eigenvalue weighted by Crippen LogP contribution is 2.37. The highest BCUT2D eigenvalue weighted by Gasteiger charge is 2.25. The molecular formula is C29H29NO6. The number of fused-ring (bicyclic) bond motifs is 1. The fourth-order valence-electron chi connectivity index (χ4n) is 3.91. The monoisotopic (exact) mass is 487 g/mol. The van der Waals surface area contributed by atoms with Gasteiger partial charge in [-0.05, 0) is 73.9 Å². The molecule has 1 amide bonds. The Balaban J connectivity index is 1.77. The van der Waals surface area contributed by atoms with Crippen LogP contribution in [0.2, 0.25) is 0 Å². The van der Waals surface area contributed by atoms with E-state index in [0.29, 0.717) is 40.1 Å². The zero-order valence-corrected chi connectivity index (χ0v) is 21.0. The summed E-state index contributed by atoms with van der Waals surface area (Å²) in [6.07, 6.45) is -0.580. The van der Waals surface area contributed by atoms with Gasteiger partial charge in [-0.2, -0.15) is 0 Å². The van der Waals surface area contributed by atoms with E-state index in [2.05, 4.69) is 5.32 Å². The molecule has 0 aliphatic rings. The van der Waals surface area contributed by atoms with Crippen LogP contribution in [-0.4, -0.2) is 26.2 Å². The van der Waals surface area contributed by atoms with Crippen LogP contribution in [0.15, 0.2) is 69.9 Å². The highest BCUT2D eigenvalue weighted by atomic mass is 16.5. The average Bonchev–Trinajstić information content (AvgIpc) is 2.89. The number of nitrogens with one attached hydrogen (secondary N) is 1. The molecule has 7 nitrogen and oxygen atoms in total. The van der Waals surface area contributed by atoms with Gasteiger partial charge in [-0.25, -0.2) is 0 Å². The number of rotatable bonds is 8. The molecule has 0 saturated heterocycles. The van der Waals surface area contributed by atoms with Crippen molar-refractivity contribution in [1.82, 2.24) is 0 Å². The minimum atomic E-state index is -0.922. The van der Waals surface area contributed by atoms with E-state index >= 15 is 0 Å². The van der Waals surface area contributed by atoms with Gasteiger partial charge in [0.1, 0.15) is 5.58 Å². The zero-order valence-electron chi connectivity index (χ0n) is 21.0. The second-order valence-electron chi connectivity index (χ2n) is 8.46. The van der Waals surface area contributed by atoms with Gasteiger partial charge < -0.3 is 23.9 Å². The Morgan fingerprint density at radius 2 is 1.69 bits per heavy atom. The zero-order chi connectivity index (χ0) is 25.8. The fraction of sp³-hybridized carbons (Fsp3) is 0.241. The van der Waals surface area contributed by atoms with Crippen molar-refractivity contribution < 1.29 is 23.4 Å². The fourth-order valence-corrected chi connectivity index (χ4v) is 3.91. The van der Waals surface area contributed by atoms with E-state index in [1.54, 1.807) is 49.6 Å². The molecule has 0 radical (unpaired) electrons. The van der Waals surface area contributed by atoms with Crippen LogP contribution >= 0.6 is 0 Å². The second-order valence-corrected chi connectivity index (χ2v) is 8.46. The summed E-state index contributed by atoms with van der Waals surface area (Å²) in [6.45, 7) is 5.81. The lowest BCUT2D eigenvalue weighted by Crippen LogP contribution is -2.34. The number of benzene rings is 3. The predicted molar refractivity (Wildman–Crippen MR) is 140 cm³/mol. The van der Waals surface area contributed by atoms with Gasteiger partial charge in [0.25, 0.3) is 5.91 Å². The number of para-hydroxylation sites is 1. The van der Waals surface area contributed by atoms with Crippen molar-refractivity contribution in [2.45, 2.75) is 33.3 Å². The molecule has 1 aromatic heterocycles. The van der Waals surface area contributed by atoms with Gasteiger partial charge in [-0.15, -0.1) is 0 Å². The van der Waals surface area contributed by atoms with Gasteiger partial charge in [-0.3, -0.25) is 9.59 Å². The van der Waals surface area contributed by atoms with Crippen molar-refractivity contribution in [3.05, 3.63) is 82.0 Å². The molecule has 1 N–H and O–H groups in total. The summed E-state index contributed by atoms with van der Waals surface area (Å²) in [5, 5.41) is 3.26. The molecule has 0 bridgehead atoms. The number of anilines is 1. The van der Waals surface area contributed by atoms with E-state index < -0.39 is 6.10 Å². The molecule has 1 atom stereocenters. The van der Waals surface area contributed by atoms with Crippen LogP contribution in [0.4, 0.5) is 5.69 Å². The molecule has 1 unspecified atom stereocenters. The Morgan fingerprint density at radius 3 is 2.39 bits per heavy atom. The Hall–Kier alpha value is -4.26. The van der Waals surface area contributed by atoms with Crippen molar-refractivity contribution in [1.29, 1.82) is 0 Å². The molecule has 4 aromatic rings. The van der Waals surface area contributed by atoms with Crippen LogP contribution in [0, 0.1) is 13.8 Å². The summed E-state index contributed by atoms with van der Waals surface area (Å²) in [7, 11) is 3.07. The summed E-state index contributed by atoms with van der Waals surface area (Å²) in [4.78, 5) is 26.7. The third-order valence-electron chi connectivity index (χ3n) is 6.10. The average molecular weight is 488 g/mol. The number of amides is 1. The van der Waals surface area contributed by atoms with Crippen LogP contribution in [0.3, 0.4) is 0 Å². The minimum absolute atomic E-state index is 0.0389. The largest absolute Gasteiger partial charge is 0.493 e. The van der Waals surface area contributed by atoms with Crippen molar-refractivity contribution in [3.8, 4) is 28.6 Å². The van der Waals surface area contributed by atoms with Gasteiger partial charge in [0, 0.05) is 11.3 Å². The van der Waals surface area contributed by atoms with Crippen molar-refractivity contribution >= 4 is 22.6 Å². The third kappa shape index (κ3) is 4.91. The van der Waals surface area contributed by atoms with E-state index in [1.807, 2.05) is 39.0 Å². The van der Waals surface area contributed by atoms with Crippen LogP contribution in [-0.2, 0) is 4.79 Å². The summed E-state index contributed by atoms with van der Waals surface area (Å²) < 4.78 is 23.0. The molecule has 0 fully saturated rings. The Bertz CT molecular complexity index is 1470. The number of carbonyl (C=O) groups is 1. The number of aryl methyl sites for hydroxylation is 2. The summed E-state index contributed by atoms with van der Waals surface area (Å²) >= 11 is 0. The molecule has 3 aromatic carbocycles. The molecule has 186 valence electrons. The maximum atomic E-state index is 13.5. The molecule has 4 rings (SSSR count). The van der Waals surface area contributed by atoms with Crippen molar-refractivity contribution in [2.24, 2.45) is 0 Å². The first-order valence-corrected chi connectivity index (χ1v) is 11.7. The molecule has 7 heteroatoms. The number of methoxy groups -OCH3 is 2. The second kappa shape index (κ2) is 10.6. The maximum absolute atomic E-state index is 13.5. The van der Waals surface area contributed by atoms with E-state index in [1.165, 1.54) is 7.11 Å². The normalized spacial score (nSPS) is 11.7. The summed E-state index contributed by atoms with van der Waals surface area (Å²) in [6, 6.07) is 17.8. The van der Waals surface area contributed by atoms with Gasteiger partial charge in [0.15, 0.2) is 23.4 Å². The topological polar surface area (TPSA) is 87.0 Å². The van der Waals surface area contributed by atoms with Crippen LogP contribution in [0.1, 0.15) is 24.5 Å². The van der Waals surface area contributed by atoms with E-state index in [-0.39, 0.29) is 22.8 Å². The van der Waals surface area contributed by atoms with Gasteiger partial charge >= 0.3 is 0 Å². The SMILES string of the molecule is CCC(Oc1c(-c2ccc(OC)c(OC)c2)oc2ccccc2c1=O)C(=O)Nc1ccc(C)c(C)c1. The van der Waals surface area contributed by atoms with E-state index in [0.717, 1.165) is 11.1 Å². The number of carbonyl (C=O) groups excluding carboxylic acids is 1. The number of ether oxygens (including phenoxy) is 3. The van der Waals surface area contributed by atoms with Crippen LogP contribution in [0.5, 0.6) is 17.2 Å². The lowest BCUT2D eigenvalue weighted by Gasteiger charge is -2.19. The highest BCUT2D eigenvalue weighted by molar-refractivity contribution is 5.94. The smallest absolute Gasteiger partial charge is 0.265 e. The molecule has 0 aliphatic carbocycles. The van der Waals surface area contributed by atoms with E-state index in [4.69, 9.17) is 18.6 Å². The minimum Gasteiger partial charge on any atom is -0.493 e. The first-order valence-electron chi connectivity index (χ1n) is 11.7. The van der Waals surface area contributed by atoms with Gasteiger partial charge in [-0.1, -0.05) is 25.1 Å². The molecular weight excluding hydrogens is 458 g/mol. The van der Waals surface area contributed by atoms with Gasteiger partial charge in [0.2, 0.25) is 11.2 Å². The molecule has 1 heterocycles. The molecule has 0 aliphatic heterocycles. The number of hydrogen-bond donors (Lipinski definition) is 1. The van der Waals surface area contributed by atoms with Crippen molar-refractivity contribution in [2.75, 3.05) is 19.5 Å². The van der Waals surface area contributed by atoms with Gasteiger partial charge in [0.05, 0.1) is 19.6 Å². The maximum Gasteiger partial charge on any atom is 0.265 e. The van der Waals surface area contributed by atoms with Crippen LogP contribution < -0.4 is 25.0 Å². The lowest BCUT2D eigenvalue weighted by atomic mass is 10.1. The molecule has 0 spiro atoms. The predicted octanol–water partition coefficient (Wildman–Crippen LogP) is 5.89. The first kappa shape index (κ1) is 24.9. The lowest BCUT2D eigenvalue weighted by molar-refractivity contribution is -0.122. The third-order valence-corrected chi connectivity index (χ3v) is 6.10. The Kier molecular flexibility index (Phi) is 7.29. The standard InChI is InChI=1S/C29H29NO6/c1-6-22(29(32)30-20-13-11-17(2)18(3)15-20)35-28-26(31)21-9-7-8-10-23(21)36-27(28)19-12-14-24(33-4)25(16-19)34-5/h7-16,22H,6H2,1-5H3,(H,30,32). The Labute approximate surface area is 209 Å². The molecule has 36 heavy (non-hydrogen) atoms. The Morgan fingerprint density at radius 1 is 0.944 bits per heavy atom.